The number of hydrogen-bond donors (Lipinski definition) is 2. The predicted octanol–water partition coefficient (Wildman–Crippen LogP) is 3.56. The summed E-state index contributed by atoms with van der Waals surface area (Å²) in [5.74, 6) is 0.873. The molecule has 1 aliphatic heterocycles. The first kappa shape index (κ1) is 18.7. The van der Waals surface area contributed by atoms with E-state index < -0.39 is 10.0 Å². The SMILES string of the molecule is C[C@@H]1CCC[C@@H](NC(=O)c2ccc(NC3=NS(=O)(=O)c4ccccc43)cc2)C1. The second kappa shape index (κ2) is 7.39. The minimum Gasteiger partial charge on any atom is -0.349 e. The second-order valence-corrected chi connectivity index (χ2v) is 9.13. The van der Waals surface area contributed by atoms with Gasteiger partial charge in [0.1, 0.15) is 4.90 Å². The fourth-order valence-corrected chi connectivity index (χ4v) is 5.05. The lowest BCUT2D eigenvalue weighted by Gasteiger charge is -2.27. The molecule has 0 unspecified atom stereocenters. The van der Waals surface area contributed by atoms with E-state index in [4.69, 9.17) is 0 Å². The zero-order valence-corrected chi connectivity index (χ0v) is 16.5. The molecule has 1 amide bonds. The lowest BCUT2D eigenvalue weighted by molar-refractivity contribution is 0.0921. The number of rotatable bonds is 3. The fourth-order valence-electron chi connectivity index (χ4n) is 3.87. The Morgan fingerprint density at radius 3 is 2.57 bits per heavy atom. The number of anilines is 1. The first-order valence-corrected chi connectivity index (χ1v) is 11.0. The standard InChI is InChI=1S/C21H23N3O3S/c1-14-5-4-6-17(13-14)23-21(25)15-9-11-16(12-10-15)22-20-18-7-2-3-8-19(18)28(26,27)24-20/h2-3,7-12,14,17H,4-6,13H2,1H3,(H,22,24)(H,23,25)/t14-,17-/m1/s1. The van der Waals surface area contributed by atoms with E-state index in [1.807, 2.05) is 0 Å². The van der Waals surface area contributed by atoms with Gasteiger partial charge in [-0.2, -0.15) is 8.42 Å². The Labute approximate surface area is 165 Å². The Kier molecular flexibility index (Phi) is 4.93. The summed E-state index contributed by atoms with van der Waals surface area (Å²) in [5, 5.41) is 6.16. The molecule has 4 rings (SSSR count). The largest absolute Gasteiger partial charge is 0.349 e. The van der Waals surface area contributed by atoms with Crippen molar-refractivity contribution >= 4 is 27.5 Å². The molecule has 6 nitrogen and oxygen atoms in total. The van der Waals surface area contributed by atoms with Crippen molar-refractivity contribution in [2.75, 3.05) is 5.32 Å². The number of nitrogens with one attached hydrogen (secondary N) is 2. The van der Waals surface area contributed by atoms with Crippen LogP contribution in [0.4, 0.5) is 5.69 Å². The van der Waals surface area contributed by atoms with Crippen molar-refractivity contribution in [2.24, 2.45) is 10.3 Å². The van der Waals surface area contributed by atoms with Crippen LogP contribution in [0, 0.1) is 5.92 Å². The molecular weight excluding hydrogens is 374 g/mol. The molecule has 1 fully saturated rings. The number of nitrogens with zero attached hydrogens (tertiary/aromatic N) is 1. The molecule has 0 saturated heterocycles. The molecule has 0 radical (unpaired) electrons. The maximum Gasteiger partial charge on any atom is 0.285 e. The molecule has 2 aromatic carbocycles. The summed E-state index contributed by atoms with van der Waals surface area (Å²) in [6.45, 7) is 2.23. The highest BCUT2D eigenvalue weighted by Crippen LogP contribution is 2.27. The van der Waals surface area contributed by atoms with Crippen molar-refractivity contribution in [1.29, 1.82) is 0 Å². The minimum atomic E-state index is -3.66. The van der Waals surface area contributed by atoms with Gasteiger partial charge in [0, 0.05) is 22.9 Å². The van der Waals surface area contributed by atoms with Gasteiger partial charge in [0.25, 0.3) is 15.9 Å². The molecule has 0 bridgehead atoms. The van der Waals surface area contributed by atoms with Gasteiger partial charge in [-0.05, 0) is 55.2 Å². The van der Waals surface area contributed by atoms with Crippen LogP contribution in [0.1, 0.15) is 48.5 Å². The first-order chi connectivity index (χ1) is 13.4. The summed E-state index contributed by atoms with van der Waals surface area (Å²) in [6.07, 6.45) is 4.44. The van der Waals surface area contributed by atoms with E-state index in [0.717, 1.165) is 19.3 Å². The van der Waals surface area contributed by atoms with E-state index >= 15 is 0 Å². The molecule has 1 aliphatic carbocycles. The number of benzene rings is 2. The third-order valence-corrected chi connectivity index (χ3v) is 6.65. The lowest BCUT2D eigenvalue weighted by Crippen LogP contribution is -2.37. The van der Waals surface area contributed by atoms with Gasteiger partial charge in [-0.1, -0.05) is 31.9 Å². The Morgan fingerprint density at radius 2 is 1.82 bits per heavy atom. The Hall–Kier alpha value is -2.67. The number of amidine groups is 1. The Morgan fingerprint density at radius 1 is 1.07 bits per heavy atom. The number of carbonyl (C=O) groups is 1. The monoisotopic (exact) mass is 397 g/mol. The third kappa shape index (κ3) is 3.80. The van der Waals surface area contributed by atoms with Crippen LogP contribution in [0.25, 0.3) is 0 Å². The van der Waals surface area contributed by atoms with Gasteiger partial charge in [0.2, 0.25) is 0 Å². The molecule has 2 atom stereocenters. The van der Waals surface area contributed by atoms with Crippen LogP contribution < -0.4 is 10.6 Å². The van der Waals surface area contributed by atoms with Gasteiger partial charge in [-0.3, -0.25) is 4.79 Å². The summed E-state index contributed by atoms with van der Waals surface area (Å²) < 4.78 is 28.1. The molecule has 7 heteroatoms. The van der Waals surface area contributed by atoms with E-state index in [2.05, 4.69) is 22.0 Å². The zero-order valence-electron chi connectivity index (χ0n) is 15.7. The first-order valence-electron chi connectivity index (χ1n) is 9.55. The average Bonchev–Trinajstić information content (AvgIpc) is 2.93. The molecular formula is C21H23N3O3S. The maximum absolute atomic E-state index is 12.5. The van der Waals surface area contributed by atoms with E-state index in [1.54, 1.807) is 48.5 Å². The summed E-state index contributed by atoms with van der Waals surface area (Å²) in [4.78, 5) is 12.7. The Bertz CT molecular complexity index is 1030. The molecule has 0 aromatic heterocycles. The third-order valence-electron chi connectivity index (χ3n) is 5.31. The number of amides is 1. The smallest absolute Gasteiger partial charge is 0.285 e. The molecule has 0 spiro atoms. The number of sulfonamides is 1. The highest BCUT2D eigenvalue weighted by Gasteiger charge is 2.28. The van der Waals surface area contributed by atoms with Crippen molar-refractivity contribution in [2.45, 2.75) is 43.5 Å². The molecule has 28 heavy (non-hydrogen) atoms. The molecule has 1 saturated carbocycles. The zero-order chi connectivity index (χ0) is 19.7. The molecule has 2 aromatic rings. The average molecular weight is 398 g/mol. The van der Waals surface area contributed by atoms with Crippen LogP contribution in [-0.4, -0.2) is 26.2 Å². The topological polar surface area (TPSA) is 87.6 Å². The van der Waals surface area contributed by atoms with Crippen LogP contribution in [0.15, 0.2) is 57.8 Å². The molecule has 146 valence electrons. The van der Waals surface area contributed by atoms with Crippen molar-refractivity contribution < 1.29 is 13.2 Å². The van der Waals surface area contributed by atoms with Crippen molar-refractivity contribution in [1.82, 2.24) is 5.32 Å². The molecule has 2 N–H and O–H groups in total. The van der Waals surface area contributed by atoms with Gasteiger partial charge >= 0.3 is 0 Å². The lowest BCUT2D eigenvalue weighted by atomic mass is 9.87. The van der Waals surface area contributed by atoms with Crippen LogP contribution in [0.5, 0.6) is 0 Å². The van der Waals surface area contributed by atoms with E-state index in [9.17, 15) is 13.2 Å². The van der Waals surface area contributed by atoms with Crippen LogP contribution >= 0.6 is 0 Å². The summed E-state index contributed by atoms with van der Waals surface area (Å²) in [5.41, 5.74) is 1.81. The van der Waals surface area contributed by atoms with Gasteiger partial charge in [0.15, 0.2) is 5.84 Å². The van der Waals surface area contributed by atoms with Crippen molar-refractivity contribution in [3.8, 4) is 0 Å². The minimum absolute atomic E-state index is 0.0724. The van der Waals surface area contributed by atoms with Gasteiger partial charge in [0.05, 0.1) is 0 Å². The fraction of sp³-hybridized carbons (Fsp3) is 0.333. The predicted molar refractivity (Wildman–Crippen MR) is 109 cm³/mol. The normalized spacial score (nSPS) is 22.8. The summed E-state index contributed by atoms with van der Waals surface area (Å²) >= 11 is 0. The Balaban J connectivity index is 1.45. The summed E-state index contributed by atoms with van der Waals surface area (Å²) in [7, 11) is -3.66. The van der Waals surface area contributed by atoms with Crippen molar-refractivity contribution in [3.63, 3.8) is 0 Å². The number of fused-ring (bicyclic) bond motifs is 1. The molecule has 1 heterocycles. The van der Waals surface area contributed by atoms with Crippen LogP contribution in [0.2, 0.25) is 0 Å². The van der Waals surface area contributed by atoms with Gasteiger partial charge in [-0.15, -0.1) is 4.40 Å². The van der Waals surface area contributed by atoms with Crippen LogP contribution in [0.3, 0.4) is 0 Å². The highest BCUT2D eigenvalue weighted by molar-refractivity contribution is 7.90. The molecule has 2 aliphatic rings. The van der Waals surface area contributed by atoms with Crippen LogP contribution in [-0.2, 0) is 10.0 Å². The maximum atomic E-state index is 12.5. The number of carbonyl (C=O) groups excluding carboxylic acids is 1. The van der Waals surface area contributed by atoms with Crippen molar-refractivity contribution in [3.05, 3.63) is 59.7 Å². The quantitative estimate of drug-likeness (QED) is 0.829. The van der Waals surface area contributed by atoms with E-state index in [-0.39, 0.29) is 16.8 Å². The van der Waals surface area contributed by atoms with E-state index in [1.165, 1.54) is 6.42 Å². The highest BCUT2D eigenvalue weighted by atomic mass is 32.2. The second-order valence-electron chi connectivity index (χ2n) is 7.56. The van der Waals surface area contributed by atoms with E-state index in [0.29, 0.717) is 28.6 Å². The number of hydrogen-bond acceptors (Lipinski definition) is 4. The van der Waals surface area contributed by atoms with Gasteiger partial charge < -0.3 is 10.6 Å². The van der Waals surface area contributed by atoms with Gasteiger partial charge in [-0.25, -0.2) is 0 Å². The summed E-state index contributed by atoms with van der Waals surface area (Å²) in [6, 6.07) is 13.9.